The first-order valence-electron chi connectivity index (χ1n) is 9.87. The van der Waals surface area contributed by atoms with E-state index >= 15 is 0 Å². The molecule has 1 heterocycles. The van der Waals surface area contributed by atoms with Gasteiger partial charge in [0.25, 0.3) is 11.1 Å². The number of hydrogen-bond acceptors (Lipinski definition) is 6. The van der Waals surface area contributed by atoms with E-state index in [0.717, 1.165) is 18.2 Å². The lowest BCUT2D eigenvalue weighted by Gasteiger charge is -2.14. The molecule has 2 aromatic carbocycles. The molecule has 1 aliphatic heterocycles. The maximum atomic E-state index is 12.9. The fourth-order valence-electron chi connectivity index (χ4n) is 2.98. The van der Waals surface area contributed by atoms with Crippen molar-refractivity contribution >= 4 is 56.5 Å². The lowest BCUT2D eigenvalue weighted by Crippen LogP contribution is -2.36. The Balaban J connectivity index is 1.75. The maximum Gasteiger partial charge on any atom is 0.416 e. The van der Waals surface area contributed by atoms with Gasteiger partial charge in [-0.3, -0.25) is 19.3 Å². The van der Waals surface area contributed by atoms with E-state index in [2.05, 4.69) is 27.8 Å². The molecule has 184 valence electrons. The first-order valence-corrected chi connectivity index (χ1v) is 11.5. The quantitative estimate of drug-likeness (QED) is 0.323. The number of carbonyl (C=O) groups is 3. The molecule has 0 aromatic heterocycles. The zero-order valence-corrected chi connectivity index (χ0v) is 20.6. The second-order valence-electron chi connectivity index (χ2n) is 7.02. The van der Waals surface area contributed by atoms with Gasteiger partial charge in [-0.1, -0.05) is 34.7 Å². The van der Waals surface area contributed by atoms with Gasteiger partial charge in [-0.25, -0.2) is 0 Å². The molecule has 0 bridgehead atoms. The van der Waals surface area contributed by atoms with Gasteiger partial charge < -0.3 is 14.8 Å². The van der Waals surface area contributed by atoms with Crippen molar-refractivity contribution in [2.24, 2.45) is 0 Å². The molecule has 12 heteroatoms. The highest BCUT2D eigenvalue weighted by molar-refractivity contribution is 9.10. The summed E-state index contributed by atoms with van der Waals surface area (Å²) in [4.78, 5) is 38.3. The predicted octanol–water partition coefficient (Wildman–Crippen LogP) is 5.72. The average molecular weight is 571 g/mol. The molecule has 2 aromatic rings. The number of carbonyl (C=O) groups excluding carboxylic acids is 3. The zero-order chi connectivity index (χ0) is 25.8. The number of halogens is 4. The molecule has 1 fully saturated rings. The minimum absolute atomic E-state index is 0.0596. The van der Waals surface area contributed by atoms with Gasteiger partial charge in [0.2, 0.25) is 5.91 Å². The summed E-state index contributed by atoms with van der Waals surface area (Å²) < 4.78 is 50.0. The fraction of sp³-hybridized carbons (Fsp3) is 0.174. The molecule has 35 heavy (non-hydrogen) atoms. The first-order chi connectivity index (χ1) is 16.5. The molecule has 0 atom stereocenters. The van der Waals surface area contributed by atoms with Crippen LogP contribution in [0.4, 0.5) is 23.7 Å². The summed E-state index contributed by atoms with van der Waals surface area (Å²) in [7, 11) is 1.45. The number of nitrogens with one attached hydrogen (secondary N) is 1. The monoisotopic (exact) mass is 570 g/mol. The van der Waals surface area contributed by atoms with Crippen LogP contribution in [0.3, 0.4) is 0 Å². The van der Waals surface area contributed by atoms with Crippen LogP contribution in [0, 0.1) is 0 Å². The van der Waals surface area contributed by atoms with Gasteiger partial charge >= 0.3 is 6.18 Å². The van der Waals surface area contributed by atoms with Crippen LogP contribution in [-0.4, -0.2) is 42.2 Å². The third kappa shape index (κ3) is 6.45. The number of rotatable bonds is 8. The molecule has 0 aliphatic carbocycles. The highest BCUT2D eigenvalue weighted by Crippen LogP contribution is 2.38. The van der Waals surface area contributed by atoms with E-state index in [9.17, 15) is 27.6 Å². The Morgan fingerprint density at radius 1 is 1.23 bits per heavy atom. The standard InChI is InChI=1S/C23H18BrF3N2O5S/c1-3-7-34-18-11-16(24)13(8-17(18)33-2)9-19-21(31)29(22(32)35-19)12-20(30)28-15-6-4-5-14(10-15)23(25,26)27/h3-6,8-11H,1,7,12H2,2H3,(H,28,30)/b19-9-. The van der Waals surface area contributed by atoms with Crippen molar-refractivity contribution in [2.45, 2.75) is 6.18 Å². The average Bonchev–Trinajstić information content (AvgIpc) is 3.05. The van der Waals surface area contributed by atoms with Crippen LogP contribution in [0.25, 0.3) is 6.08 Å². The van der Waals surface area contributed by atoms with E-state index in [1.54, 1.807) is 18.2 Å². The van der Waals surface area contributed by atoms with E-state index in [1.165, 1.54) is 19.3 Å². The van der Waals surface area contributed by atoms with Crippen molar-refractivity contribution in [1.82, 2.24) is 4.90 Å². The summed E-state index contributed by atoms with van der Waals surface area (Å²) >= 11 is 4.02. The molecule has 3 amide bonds. The van der Waals surface area contributed by atoms with Crippen LogP contribution in [-0.2, 0) is 15.8 Å². The highest BCUT2D eigenvalue weighted by Gasteiger charge is 2.36. The number of ether oxygens (including phenoxy) is 2. The van der Waals surface area contributed by atoms with Gasteiger partial charge in [-0.05, 0) is 53.7 Å². The van der Waals surface area contributed by atoms with Gasteiger partial charge in [-0.15, -0.1) is 0 Å². The molecule has 1 saturated heterocycles. The van der Waals surface area contributed by atoms with Crippen molar-refractivity contribution < 1.29 is 37.0 Å². The van der Waals surface area contributed by atoms with E-state index in [0.29, 0.717) is 38.2 Å². The Hall–Kier alpha value is -3.25. The van der Waals surface area contributed by atoms with E-state index in [4.69, 9.17) is 9.47 Å². The summed E-state index contributed by atoms with van der Waals surface area (Å²) in [5, 5.41) is 1.59. The van der Waals surface area contributed by atoms with Crippen molar-refractivity contribution in [3.05, 3.63) is 69.6 Å². The third-order valence-corrected chi connectivity index (χ3v) is 6.17. The number of imide groups is 1. The summed E-state index contributed by atoms with van der Waals surface area (Å²) in [5.41, 5.74) is -0.528. The van der Waals surface area contributed by atoms with Crippen molar-refractivity contribution in [2.75, 3.05) is 25.6 Å². The number of thioether (sulfide) groups is 1. The fourth-order valence-corrected chi connectivity index (χ4v) is 4.24. The topological polar surface area (TPSA) is 84.9 Å². The highest BCUT2D eigenvalue weighted by atomic mass is 79.9. The van der Waals surface area contributed by atoms with Crippen LogP contribution >= 0.6 is 27.7 Å². The normalized spacial score (nSPS) is 14.9. The largest absolute Gasteiger partial charge is 0.493 e. The van der Waals surface area contributed by atoms with E-state index in [1.807, 2.05) is 0 Å². The number of hydrogen-bond donors (Lipinski definition) is 1. The smallest absolute Gasteiger partial charge is 0.416 e. The van der Waals surface area contributed by atoms with Crippen molar-refractivity contribution in [3.63, 3.8) is 0 Å². The summed E-state index contributed by atoms with van der Waals surface area (Å²) in [5.74, 6) is -0.701. The Morgan fingerprint density at radius 3 is 2.63 bits per heavy atom. The summed E-state index contributed by atoms with van der Waals surface area (Å²) in [6.45, 7) is 3.18. The molecule has 0 radical (unpaired) electrons. The Kier molecular flexibility index (Phi) is 8.28. The number of benzene rings is 2. The Labute approximate surface area is 211 Å². The number of methoxy groups -OCH3 is 1. The van der Waals surface area contributed by atoms with Crippen LogP contribution in [0.2, 0.25) is 0 Å². The van der Waals surface area contributed by atoms with Crippen LogP contribution in [0.1, 0.15) is 11.1 Å². The van der Waals surface area contributed by atoms with Crippen LogP contribution in [0.5, 0.6) is 11.5 Å². The number of anilines is 1. The SMILES string of the molecule is C=CCOc1cc(Br)c(/C=C2\SC(=O)N(CC(=O)Nc3cccc(C(F)(F)F)c3)C2=O)cc1OC. The number of nitrogens with zero attached hydrogens (tertiary/aromatic N) is 1. The maximum absolute atomic E-state index is 12.9. The molecule has 1 N–H and O–H groups in total. The predicted molar refractivity (Wildman–Crippen MR) is 129 cm³/mol. The molecular formula is C23H18BrF3N2O5S. The molecule has 3 rings (SSSR count). The Bertz CT molecular complexity index is 1220. The van der Waals surface area contributed by atoms with E-state index in [-0.39, 0.29) is 17.2 Å². The molecule has 1 aliphatic rings. The number of amides is 3. The number of alkyl halides is 3. The van der Waals surface area contributed by atoms with Gasteiger partial charge in [0.05, 0.1) is 17.6 Å². The molecule has 0 spiro atoms. The summed E-state index contributed by atoms with van der Waals surface area (Å²) in [6.07, 6.45) is -1.55. The van der Waals surface area contributed by atoms with Gasteiger partial charge in [-0.2, -0.15) is 13.2 Å². The zero-order valence-electron chi connectivity index (χ0n) is 18.1. The van der Waals surface area contributed by atoms with Gasteiger partial charge in [0, 0.05) is 10.2 Å². The lowest BCUT2D eigenvalue weighted by atomic mass is 10.2. The van der Waals surface area contributed by atoms with E-state index < -0.39 is 35.3 Å². The third-order valence-electron chi connectivity index (χ3n) is 4.58. The van der Waals surface area contributed by atoms with Crippen molar-refractivity contribution in [1.29, 1.82) is 0 Å². The molecular weight excluding hydrogens is 553 g/mol. The first kappa shape index (κ1) is 26.4. The van der Waals surface area contributed by atoms with Gasteiger partial charge in [0.1, 0.15) is 13.2 Å². The van der Waals surface area contributed by atoms with Crippen LogP contribution in [0.15, 0.2) is 58.4 Å². The van der Waals surface area contributed by atoms with Crippen molar-refractivity contribution in [3.8, 4) is 11.5 Å². The Morgan fingerprint density at radius 2 is 1.97 bits per heavy atom. The molecule has 0 saturated carbocycles. The molecule has 7 nitrogen and oxygen atoms in total. The summed E-state index contributed by atoms with van der Waals surface area (Å²) in [6, 6.07) is 7.29. The minimum atomic E-state index is -4.58. The minimum Gasteiger partial charge on any atom is -0.493 e. The van der Waals surface area contributed by atoms with Gasteiger partial charge in [0.15, 0.2) is 11.5 Å². The molecule has 0 unspecified atom stereocenters. The second kappa shape index (κ2) is 11.0. The van der Waals surface area contributed by atoms with Crippen LogP contribution < -0.4 is 14.8 Å². The second-order valence-corrected chi connectivity index (χ2v) is 8.87. The lowest BCUT2D eigenvalue weighted by molar-refractivity contribution is -0.137.